The molecular weight excluding hydrogens is 366 g/mol. The normalized spacial score (nSPS) is 18.5. The molecule has 0 saturated heterocycles. The summed E-state index contributed by atoms with van der Waals surface area (Å²) in [4.78, 5) is 0. The van der Waals surface area contributed by atoms with Crippen LogP contribution in [0.15, 0.2) is 30.3 Å². The first-order valence-electron chi connectivity index (χ1n) is 9.85. The van der Waals surface area contributed by atoms with Gasteiger partial charge in [0.15, 0.2) is 0 Å². The van der Waals surface area contributed by atoms with E-state index < -0.39 is 0 Å². The van der Waals surface area contributed by atoms with Crippen molar-refractivity contribution >= 4 is 10.8 Å². The summed E-state index contributed by atoms with van der Waals surface area (Å²) in [5, 5.41) is 26.7. The zero-order valence-electron chi connectivity index (χ0n) is 17.5. The summed E-state index contributed by atoms with van der Waals surface area (Å²) < 4.78 is 11.1. The Hall–Kier alpha value is -2.92. The van der Waals surface area contributed by atoms with Crippen molar-refractivity contribution in [2.75, 3.05) is 14.2 Å². The summed E-state index contributed by atoms with van der Waals surface area (Å²) in [5.74, 6) is 1.63. The molecule has 0 aliphatic carbocycles. The number of hydrogen-bond acceptors (Lipinski definition) is 5. The van der Waals surface area contributed by atoms with Crippen molar-refractivity contribution in [3.05, 3.63) is 47.0 Å². The fourth-order valence-corrected chi connectivity index (χ4v) is 4.70. The average molecular weight is 393 g/mol. The maximum absolute atomic E-state index is 11.0. The summed E-state index contributed by atoms with van der Waals surface area (Å²) in [5.41, 5.74) is 4.75. The molecule has 3 N–H and O–H groups in total. The number of nitrogens with one attached hydrogen (secondary N) is 1. The largest absolute Gasteiger partial charge is 0.507 e. The first-order chi connectivity index (χ1) is 13.8. The van der Waals surface area contributed by atoms with Gasteiger partial charge in [-0.05, 0) is 67.5 Å². The molecule has 3 aromatic carbocycles. The first kappa shape index (κ1) is 19.4. The van der Waals surface area contributed by atoms with Gasteiger partial charge in [0.1, 0.15) is 23.0 Å². The smallest absolute Gasteiger partial charge is 0.130 e. The van der Waals surface area contributed by atoms with Gasteiger partial charge in [-0.1, -0.05) is 6.07 Å². The number of aryl methyl sites for hydroxylation is 1. The van der Waals surface area contributed by atoms with Gasteiger partial charge in [0.05, 0.1) is 19.6 Å². The summed E-state index contributed by atoms with van der Waals surface area (Å²) in [6.45, 7) is 6.20. The number of methoxy groups -OCH3 is 2. The molecule has 29 heavy (non-hydrogen) atoms. The molecule has 3 aromatic rings. The van der Waals surface area contributed by atoms with Crippen LogP contribution in [0, 0.1) is 6.92 Å². The Morgan fingerprint density at radius 3 is 2.38 bits per heavy atom. The second kappa shape index (κ2) is 7.16. The molecule has 1 aliphatic heterocycles. The number of phenolic OH excluding ortho intramolecular Hbond substituents is 2. The van der Waals surface area contributed by atoms with E-state index in [0.29, 0.717) is 16.9 Å². The van der Waals surface area contributed by atoms with Crippen LogP contribution in [0.2, 0.25) is 0 Å². The molecule has 1 heterocycles. The van der Waals surface area contributed by atoms with Crippen LogP contribution in [0.1, 0.15) is 36.6 Å². The third-order valence-corrected chi connectivity index (χ3v) is 5.80. The van der Waals surface area contributed by atoms with Crippen LogP contribution in [0.5, 0.6) is 23.0 Å². The van der Waals surface area contributed by atoms with Crippen LogP contribution in [-0.2, 0) is 6.42 Å². The lowest BCUT2D eigenvalue weighted by molar-refractivity contribution is 0.377. The van der Waals surface area contributed by atoms with Crippen LogP contribution < -0.4 is 14.8 Å². The topological polar surface area (TPSA) is 71.0 Å². The fraction of sp³-hybridized carbons (Fsp3) is 0.333. The van der Waals surface area contributed by atoms with Crippen molar-refractivity contribution in [3.8, 4) is 34.1 Å². The molecule has 0 amide bonds. The van der Waals surface area contributed by atoms with Crippen LogP contribution in [0.3, 0.4) is 0 Å². The number of aromatic hydroxyl groups is 2. The summed E-state index contributed by atoms with van der Waals surface area (Å²) in [6.07, 6.45) is 0.769. The predicted octanol–water partition coefficient (Wildman–Crippen LogP) is 4.84. The molecule has 0 bridgehead atoms. The van der Waals surface area contributed by atoms with E-state index in [1.807, 2.05) is 25.1 Å². The zero-order valence-corrected chi connectivity index (χ0v) is 17.5. The first-order valence-corrected chi connectivity index (χ1v) is 9.85. The number of fused-ring (bicyclic) bond motifs is 2. The Bertz CT molecular complexity index is 1110. The molecule has 1 aliphatic rings. The molecule has 0 radical (unpaired) electrons. The molecule has 0 aromatic heterocycles. The minimum Gasteiger partial charge on any atom is -0.507 e. The second-order valence-electron chi connectivity index (χ2n) is 7.88. The van der Waals surface area contributed by atoms with E-state index in [9.17, 15) is 10.2 Å². The van der Waals surface area contributed by atoms with Gasteiger partial charge in [-0.3, -0.25) is 0 Å². The van der Waals surface area contributed by atoms with E-state index in [2.05, 4.69) is 19.2 Å². The minimum absolute atomic E-state index is 0.0997. The molecular formula is C24H27NO4. The van der Waals surface area contributed by atoms with Crippen LogP contribution in [0.4, 0.5) is 0 Å². The molecule has 5 nitrogen and oxygen atoms in total. The van der Waals surface area contributed by atoms with Gasteiger partial charge in [0.25, 0.3) is 0 Å². The van der Waals surface area contributed by atoms with E-state index >= 15 is 0 Å². The highest BCUT2D eigenvalue weighted by atomic mass is 16.5. The highest BCUT2D eigenvalue weighted by Crippen LogP contribution is 2.48. The Labute approximate surface area is 170 Å². The van der Waals surface area contributed by atoms with Gasteiger partial charge in [-0.25, -0.2) is 0 Å². The monoisotopic (exact) mass is 393 g/mol. The van der Waals surface area contributed by atoms with Crippen molar-refractivity contribution < 1.29 is 19.7 Å². The maximum atomic E-state index is 11.0. The highest BCUT2D eigenvalue weighted by molar-refractivity contribution is 6.05. The van der Waals surface area contributed by atoms with Gasteiger partial charge in [0, 0.05) is 29.3 Å². The van der Waals surface area contributed by atoms with E-state index in [1.165, 1.54) is 0 Å². The Morgan fingerprint density at radius 1 is 0.966 bits per heavy atom. The molecule has 0 spiro atoms. The quantitative estimate of drug-likeness (QED) is 0.594. The third-order valence-electron chi connectivity index (χ3n) is 5.80. The van der Waals surface area contributed by atoms with E-state index in [0.717, 1.165) is 39.6 Å². The highest BCUT2D eigenvalue weighted by Gasteiger charge is 2.30. The van der Waals surface area contributed by atoms with E-state index in [4.69, 9.17) is 9.47 Å². The Morgan fingerprint density at radius 2 is 1.69 bits per heavy atom. The van der Waals surface area contributed by atoms with Gasteiger partial charge < -0.3 is 25.0 Å². The average Bonchev–Trinajstić information content (AvgIpc) is 2.66. The fourth-order valence-electron chi connectivity index (χ4n) is 4.70. The van der Waals surface area contributed by atoms with Crippen LogP contribution in [0.25, 0.3) is 21.9 Å². The van der Waals surface area contributed by atoms with E-state index in [1.54, 1.807) is 26.4 Å². The number of ether oxygens (including phenoxy) is 2. The molecule has 152 valence electrons. The van der Waals surface area contributed by atoms with Crippen LogP contribution in [-0.4, -0.2) is 30.5 Å². The zero-order chi connectivity index (χ0) is 20.9. The van der Waals surface area contributed by atoms with Crippen LogP contribution >= 0.6 is 0 Å². The predicted molar refractivity (Wildman–Crippen MR) is 115 cm³/mol. The molecule has 2 atom stereocenters. The molecule has 5 heteroatoms. The van der Waals surface area contributed by atoms with Crippen molar-refractivity contribution in [1.29, 1.82) is 0 Å². The van der Waals surface area contributed by atoms with E-state index in [-0.39, 0.29) is 23.6 Å². The van der Waals surface area contributed by atoms with Gasteiger partial charge in [-0.15, -0.1) is 0 Å². The minimum atomic E-state index is 0.0997. The lowest BCUT2D eigenvalue weighted by atomic mass is 9.83. The van der Waals surface area contributed by atoms with Crippen molar-refractivity contribution in [2.24, 2.45) is 0 Å². The van der Waals surface area contributed by atoms with Crippen molar-refractivity contribution in [3.63, 3.8) is 0 Å². The molecule has 0 saturated carbocycles. The number of benzene rings is 3. The standard InChI is InChI=1S/C24H27NO4/c1-12-8-16-15(6-7-20(28-4)24(16)18(26)9-12)23-17-10-13(2)25-14(3)22(17)21(29-5)11-19(23)27/h6-9,11,13-14,25-27H,10H2,1-5H3/t13-,14-/m0/s1. The Balaban J connectivity index is 2.12. The SMILES string of the molecule is COc1cc(O)c(-c2ccc(OC)c3c(O)cc(C)cc23)c2c1[C@H](C)N[C@@H](C)C2. The van der Waals surface area contributed by atoms with Gasteiger partial charge >= 0.3 is 0 Å². The number of hydrogen-bond donors (Lipinski definition) is 3. The second-order valence-corrected chi connectivity index (χ2v) is 7.88. The molecule has 4 rings (SSSR count). The third kappa shape index (κ3) is 3.06. The summed E-state index contributed by atoms with van der Waals surface area (Å²) >= 11 is 0. The Kier molecular flexibility index (Phi) is 4.79. The van der Waals surface area contributed by atoms with Gasteiger partial charge in [0.2, 0.25) is 0 Å². The van der Waals surface area contributed by atoms with Gasteiger partial charge in [-0.2, -0.15) is 0 Å². The summed E-state index contributed by atoms with van der Waals surface area (Å²) in [7, 11) is 3.22. The lowest BCUT2D eigenvalue weighted by Crippen LogP contribution is -2.36. The van der Waals surface area contributed by atoms with Crippen molar-refractivity contribution in [2.45, 2.75) is 39.3 Å². The summed E-state index contributed by atoms with van der Waals surface area (Å²) in [6, 6.07) is 9.61. The molecule has 0 unspecified atom stereocenters. The maximum Gasteiger partial charge on any atom is 0.130 e. The number of phenols is 2. The molecule has 0 fully saturated rings. The number of rotatable bonds is 3. The lowest BCUT2D eigenvalue weighted by Gasteiger charge is -2.33. The van der Waals surface area contributed by atoms with Crippen molar-refractivity contribution in [1.82, 2.24) is 5.32 Å².